The molecule has 0 aromatic heterocycles. The Morgan fingerprint density at radius 3 is 2.53 bits per heavy atom. The van der Waals surface area contributed by atoms with Crippen LogP contribution in [0.4, 0.5) is 0 Å². The second-order valence-electron chi connectivity index (χ2n) is 8.75. The van der Waals surface area contributed by atoms with Gasteiger partial charge in [-0.15, -0.1) is 0 Å². The highest BCUT2D eigenvalue weighted by Crippen LogP contribution is 2.29. The molecule has 5 nitrogen and oxygen atoms in total. The van der Waals surface area contributed by atoms with Crippen molar-refractivity contribution in [2.24, 2.45) is 5.92 Å². The van der Waals surface area contributed by atoms with Gasteiger partial charge in [-0.25, -0.2) is 0 Å². The summed E-state index contributed by atoms with van der Waals surface area (Å²) in [6.45, 7) is 4.98. The Bertz CT molecular complexity index is 908. The molecule has 1 saturated heterocycles. The number of ether oxygens (including phenoxy) is 1. The first-order chi connectivity index (χ1) is 14.5. The van der Waals surface area contributed by atoms with Crippen LogP contribution in [0.5, 0.6) is 0 Å². The van der Waals surface area contributed by atoms with Crippen LogP contribution in [0.15, 0.2) is 54.6 Å². The van der Waals surface area contributed by atoms with Crippen molar-refractivity contribution in [1.82, 2.24) is 10.2 Å². The Hall–Kier alpha value is -2.66. The van der Waals surface area contributed by atoms with Crippen molar-refractivity contribution < 1.29 is 14.3 Å². The van der Waals surface area contributed by atoms with E-state index in [0.29, 0.717) is 19.6 Å². The number of carbonyl (C=O) groups is 2. The Kier molecular flexibility index (Phi) is 5.91. The van der Waals surface area contributed by atoms with Gasteiger partial charge in [0.1, 0.15) is 0 Å². The molecule has 2 fully saturated rings. The van der Waals surface area contributed by atoms with Gasteiger partial charge in [0.15, 0.2) is 5.60 Å². The molecule has 2 aliphatic rings. The van der Waals surface area contributed by atoms with Gasteiger partial charge in [0.25, 0.3) is 5.91 Å². The first kappa shape index (κ1) is 20.6. The average Bonchev–Trinajstić information content (AvgIpc) is 3.58. The smallest absolute Gasteiger partial charge is 0.254 e. The molecule has 0 spiro atoms. The van der Waals surface area contributed by atoms with Crippen LogP contribution in [0.2, 0.25) is 0 Å². The molecule has 2 aromatic rings. The van der Waals surface area contributed by atoms with Gasteiger partial charge in [0, 0.05) is 24.9 Å². The molecule has 2 aromatic carbocycles. The molecule has 158 valence electrons. The molecule has 0 radical (unpaired) electrons. The second kappa shape index (κ2) is 8.60. The van der Waals surface area contributed by atoms with Gasteiger partial charge in [-0.3, -0.25) is 9.59 Å². The lowest BCUT2D eigenvalue weighted by molar-refractivity contribution is -0.167. The van der Waals surface area contributed by atoms with Crippen molar-refractivity contribution in [2.45, 2.75) is 44.8 Å². The largest absolute Gasteiger partial charge is 0.361 e. The monoisotopic (exact) mass is 406 g/mol. The van der Waals surface area contributed by atoms with E-state index in [1.54, 1.807) is 4.90 Å². The van der Waals surface area contributed by atoms with E-state index in [0.717, 1.165) is 29.5 Å². The normalized spacial score (nSPS) is 21.5. The maximum Gasteiger partial charge on any atom is 0.254 e. The fraction of sp³-hybridized carbons (Fsp3) is 0.440. The minimum absolute atomic E-state index is 0.0694. The standard InChI is InChI=1S/C25H30N2O3/c1-18(2)23(28)27-13-14-30-25(17-27,24(29)26-22-11-12-22)16-19-7-6-10-21(15-19)20-8-4-3-5-9-20/h3-10,15,18,22H,11-14,16-17H2,1-2H3,(H,26,29). The zero-order valence-corrected chi connectivity index (χ0v) is 17.8. The van der Waals surface area contributed by atoms with Gasteiger partial charge >= 0.3 is 0 Å². The van der Waals surface area contributed by atoms with Crippen molar-refractivity contribution in [1.29, 1.82) is 0 Å². The van der Waals surface area contributed by atoms with Gasteiger partial charge < -0.3 is 15.0 Å². The summed E-state index contributed by atoms with van der Waals surface area (Å²) >= 11 is 0. The summed E-state index contributed by atoms with van der Waals surface area (Å²) in [7, 11) is 0. The Morgan fingerprint density at radius 2 is 1.83 bits per heavy atom. The predicted octanol–water partition coefficient (Wildman–Crippen LogP) is 3.43. The summed E-state index contributed by atoms with van der Waals surface area (Å²) in [5, 5.41) is 3.12. The van der Waals surface area contributed by atoms with Crippen molar-refractivity contribution in [3.63, 3.8) is 0 Å². The van der Waals surface area contributed by atoms with Crippen LogP contribution < -0.4 is 5.32 Å². The lowest BCUT2D eigenvalue weighted by atomic mass is 9.89. The average molecular weight is 407 g/mol. The van der Waals surface area contributed by atoms with Crippen LogP contribution in [0.25, 0.3) is 11.1 Å². The van der Waals surface area contributed by atoms with Gasteiger partial charge in [-0.2, -0.15) is 0 Å². The van der Waals surface area contributed by atoms with Crippen LogP contribution in [0.3, 0.4) is 0 Å². The van der Waals surface area contributed by atoms with Gasteiger partial charge in [-0.1, -0.05) is 68.4 Å². The summed E-state index contributed by atoms with van der Waals surface area (Å²) in [5.41, 5.74) is 2.22. The molecular formula is C25H30N2O3. The van der Waals surface area contributed by atoms with E-state index < -0.39 is 5.60 Å². The molecule has 5 heteroatoms. The minimum Gasteiger partial charge on any atom is -0.361 e. The molecule has 1 unspecified atom stereocenters. The lowest BCUT2D eigenvalue weighted by Gasteiger charge is -2.42. The third-order valence-corrected chi connectivity index (χ3v) is 5.84. The number of rotatable bonds is 6. The second-order valence-corrected chi connectivity index (χ2v) is 8.75. The highest BCUT2D eigenvalue weighted by atomic mass is 16.5. The molecule has 0 bridgehead atoms. The maximum atomic E-state index is 13.3. The molecule has 1 atom stereocenters. The van der Waals surface area contributed by atoms with E-state index in [1.165, 1.54) is 0 Å². The molecule has 1 N–H and O–H groups in total. The highest BCUT2D eigenvalue weighted by molar-refractivity contribution is 5.88. The third kappa shape index (κ3) is 4.57. The van der Waals surface area contributed by atoms with Crippen molar-refractivity contribution in [3.8, 4) is 11.1 Å². The van der Waals surface area contributed by atoms with E-state index in [2.05, 4.69) is 29.6 Å². The quantitative estimate of drug-likeness (QED) is 0.800. The van der Waals surface area contributed by atoms with Crippen molar-refractivity contribution in [3.05, 3.63) is 60.2 Å². The summed E-state index contributed by atoms with van der Waals surface area (Å²) in [6.07, 6.45) is 2.47. The summed E-state index contributed by atoms with van der Waals surface area (Å²) < 4.78 is 6.16. The van der Waals surface area contributed by atoms with E-state index in [4.69, 9.17) is 4.74 Å². The maximum absolute atomic E-state index is 13.3. The van der Waals surface area contributed by atoms with Crippen molar-refractivity contribution in [2.75, 3.05) is 19.7 Å². The molecule has 2 amide bonds. The number of morpholine rings is 1. The van der Waals surface area contributed by atoms with E-state index in [-0.39, 0.29) is 30.3 Å². The fourth-order valence-corrected chi connectivity index (χ4v) is 4.03. The molecule has 4 rings (SSSR count). The number of hydrogen-bond acceptors (Lipinski definition) is 3. The topological polar surface area (TPSA) is 58.6 Å². The Labute approximate surface area is 178 Å². The van der Waals surface area contributed by atoms with Gasteiger partial charge in [-0.05, 0) is 29.5 Å². The van der Waals surface area contributed by atoms with Crippen LogP contribution in [0.1, 0.15) is 32.3 Å². The zero-order valence-electron chi connectivity index (χ0n) is 17.8. The number of hydrogen-bond donors (Lipinski definition) is 1. The van der Waals surface area contributed by atoms with Crippen LogP contribution in [-0.2, 0) is 20.7 Å². The van der Waals surface area contributed by atoms with E-state index in [9.17, 15) is 9.59 Å². The van der Waals surface area contributed by atoms with E-state index >= 15 is 0 Å². The zero-order chi connectivity index (χ0) is 21.1. The molecule has 1 aliphatic heterocycles. The van der Waals surface area contributed by atoms with Crippen LogP contribution in [0, 0.1) is 5.92 Å². The summed E-state index contributed by atoms with van der Waals surface area (Å²) in [5.74, 6) is -0.134. The minimum atomic E-state index is -1.05. The van der Waals surface area contributed by atoms with Crippen LogP contribution >= 0.6 is 0 Å². The molecular weight excluding hydrogens is 376 g/mol. The fourth-order valence-electron chi connectivity index (χ4n) is 4.03. The molecule has 1 heterocycles. The number of carbonyl (C=O) groups excluding carboxylic acids is 2. The summed E-state index contributed by atoms with van der Waals surface area (Å²) in [4.78, 5) is 27.8. The number of nitrogens with zero attached hydrogens (tertiary/aromatic N) is 1. The van der Waals surface area contributed by atoms with Crippen molar-refractivity contribution >= 4 is 11.8 Å². The number of nitrogens with one attached hydrogen (secondary N) is 1. The predicted molar refractivity (Wildman–Crippen MR) is 117 cm³/mol. The van der Waals surface area contributed by atoms with Crippen LogP contribution in [-0.4, -0.2) is 48.1 Å². The van der Waals surface area contributed by atoms with Gasteiger partial charge in [0.2, 0.25) is 5.91 Å². The third-order valence-electron chi connectivity index (χ3n) is 5.84. The first-order valence-electron chi connectivity index (χ1n) is 10.8. The van der Waals surface area contributed by atoms with E-state index in [1.807, 2.05) is 44.2 Å². The van der Waals surface area contributed by atoms with Gasteiger partial charge in [0.05, 0.1) is 13.2 Å². The molecule has 1 saturated carbocycles. The molecule has 30 heavy (non-hydrogen) atoms. The lowest BCUT2D eigenvalue weighted by Crippen LogP contribution is -2.62. The summed E-state index contributed by atoms with van der Waals surface area (Å²) in [6, 6.07) is 18.7. The molecule has 1 aliphatic carbocycles. The number of amides is 2. The first-order valence-corrected chi connectivity index (χ1v) is 10.8. The Balaban J connectivity index is 1.62. The Morgan fingerprint density at radius 1 is 1.10 bits per heavy atom. The SMILES string of the molecule is CC(C)C(=O)N1CCOC(Cc2cccc(-c3ccccc3)c2)(C(=O)NC2CC2)C1. The highest BCUT2D eigenvalue weighted by Gasteiger charge is 2.46. The number of benzene rings is 2.